The largest absolute Gasteiger partial charge is 0.393 e. The summed E-state index contributed by atoms with van der Waals surface area (Å²) in [6.45, 7) is 3.22. The van der Waals surface area contributed by atoms with E-state index in [1.54, 1.807) is 13.1 Å². The monoisotopic (exact) mass is 329 g/mol. The van der Waals surface area contributed by atoms with Crippen molar-refractivity contribution in [2.24, 2.45) is 5.92 Å². The Labute approximate surface area is 121 Å². The van der Waals surface area contributed by atoms with E-state index >= 15 is 0 Å². The van der Waals surface area contributed by atoms with Crippen molar-refractivity contribution in [3.05, 3.63) is 21.0 Å². The van der Waals surface area contributed by atoms with E-state index in [-0.39, 0.29) is 11.7 Å². The summed E-state index contributed by atoms with van der Waals surface area (Å²) in [7, 11) is 0. The second kappa shape index (κ2) is 6.52. The van der Waals surface area contributed by atoms with Crippen molar-refractivity contribution in [1.29, 1.82) is 0 Å². The molecule has 1 heterocycles. The van der Waals surface area contributed by atoms with Crippen molar-refractivity contribution in [2.75, 3.05) is 11.9 Å². The third kappa shape index (κ3) is 4.31. The predicted molar refractivity (Wildman–Crippen MR) is 78.3 cm³/mol. The van der Waals surface area contributed by atoms with Gasteiger partial charge in [0, 0.05) is 13.1 Å². The average molecular weight is 330 g/mol. The highest BCUT2D eigenvalue weighted by atomic mass is 79.9. The van der Waals surface area contributed by atoms with E-state index in [9.17, 15) is 9.90 Å². The van der Waals surface area contributed by atoms with Crippen LogP contribution in [0.25, 0.3) is 0 Å². The molecule has 1 unspecified atom stereocenters. The molecule has 19 heavy (non-hydrogen) atoms. The fourth-order valence-corrected chi connectivity index (χ4v) is 2.33. The number of nitrogens with zero attached hydrogens (tertiary/aromatic N) is 2. The Bertz CT molecular complexity index is 483. The van der Waals surface area contributed by atoms with Crippen molar-refractivity contribution in [1.82, 2.24) is 9.78 Å². The molecule has 0 aromatic carbocycles. The summed E-state index contributed by atoms with van der Waals surface area (Å²) in [5.74, 6) is 0.627. The number of hydrogen-bond acceptors (Lipinski definition) is 4. The Morgan fingerprint density at radius 3 is 3.00 bits per heavy atom. The predicted octanol–water partition coefficient (Wildman–Crippen LogP) is 1.99. The average Bonchev–Trinajstić information content (AvgIpc) is 3.17. The van der Waals surface area contributed by atoms with Crippen LogP contribution >= 0.6 is 15.9 Å². The number of aromatic nitrogens is 2. The zero-order chi connectivity index (χ0) is 13.8. The lowest BCUT2D eigenvalue weighted by Gasteiger charge is -2.10. The molecule has 1 saturated carbocycles. The maximum atomic E-state index is 12.1. The maximum Gasteiger partial charge on any atom is 0.283 e. The first-order valence-electron chi connectivity index (χ1n) is 6.75. The van der Waals surface area contributed by atoms with E-state index in [2.05, 4.69) is 26.3 Å². The van der Waals surface area contributed by atoms with Gasteiger partial charge in [0.2, 0.25) is 0 Å². The summed E-state index contributed by atoms with van der Waals surface area (Å²) in [5, 5.41) is 16.5. The van der Waals surface area contributed by atoms with Crippen molar-refractivity contribution in [2.45, 2.75) is 45.3 Å². The quantitative estimate of drug-likeness (QED) is 0.751. The number of halogens is 1. The van der Waals surface area contributed by atoms with Crippen LogP contribution in [0, 0.1) is 5.92 Å². The number of anilines is 1. The lowest BCUT2D eigenvalue weighted by molar-refractivity contribution is 0.183. The van der Waals surface area contributed by atoms with Crippen LogP contribution in [-0.4, -0.2) is 27.5 Å². The minimum atomic E-state index is -0.282. The van der Waals surface area contributed by atoms with Gasteiger partial charge in [-0.2, -0.15) is 5.10 Å². The zero-order valence-corrected chi connectivity index (χ0v) is 12.7. The molecule has 0 saturated heterocycles. The minimum absolute atomic E-state index is 0.0765. The maximum absolute atomic E-state index is 12.1. The van der Waals surface area contributed by atoms with Gasteiger partial charge in [-0.3, -0.25) is 4.79 Å². The van der Waals surface area contributed by atoms with Gasteiger partial charge in [0.15, 0.2) is 0 Å². The molecule has 2 N–H and O–H groups in total. The van der Waals surface area contributed by atoms with Crippen molar-refractivity contribution in [3.8, 4) is 0 Å². The molecule has 5 nitrogen and oxygen atoms in total. The molecule has 1 fully saturated rings. The van der Waals surface area contributed by atoms with Gasteiger partial charge in [0.05, 0.1) is 18.0 Å². The highest BCUT2D eigenvalue weighted by Crippen LogP contribution is 2.30. The second-order valence-corrected chi connectivity index (χ2v) is 6.01. The van der Waals surface area contributed by atoms with Crippen LogP contribution in [0.3, 0.4) is 0 Å². The van der Waals surface area contributed by atoms with E-state index in [4.69, 9.17) is 0 Å². The Hall–Kier alpha value is -0.880. The fourth-order valence-electron chi connectivity index (χ4n) is 1.88. The van der Waals surface area contributed by atoms with Crippen LogP contribution in [0.4, 0.5) is 5.69 Å². The summed E-state index contributed by atoms with van der Waals surface area (Å²) in [4.78, 5) is 12.1. The number of aliphatic hydroxyl groups is 1. The van der Waals surface area contributed by atoms with Gasteiger partial charge >= 0.3 is 0 Å². The fraction of sp³-hybridized carbons (Fsp3) is 0.692. The van der Waals surface area contributed by atoms with Gasteiger partial charge in [-0.15, -0.1) is 0 Å². The first-order chi connectivity index (χ1) is 9.08. The lowest BCUT2D eigenvalue weighted by Crippen LogP contribution is -2.25. The van der Waals surface area contributed by atoms with E-state index in [1.165, 1.54) is 17.5 Å². The molecule has 0 bridgehead atoms. The number of aliphatic hydroxyl groups excluding tert-OH is 1. The van der Waals surface area contributed by atoms with Gasteiger partial charge in [-0.25, -0.2) is 4.68 Å². The second-order valence-electron chi connectivity index (χ2n) is 5.22. The van der Waals surface area contributed by atoms with Crippen LogP contribution < -0.4 is 10.9 Å². The molecule has 0 radical (unpaired) electrons. The summed E-state index contributed by atoms with van der Waals surface area (Å²) in [5.41, 5.74) is 0.648. The highest BCUT2D eigenvalue weighted by Gasteiger charge is 2.23. The Balaban J connectivity index is 1.93. The van der Waals surface area contributed by atoms with E-state index < -0.39 is 0 Å². The smallest absolute Gasteiger partial charge is 0.283 e. The topological polar surface area (TPSA) is 67.2 Å². The molecule has 1 aromatic heterocycles. The first kappa shape index (κ1) is 14.5. The van der Waals surface area contributed by atoms with Gasteiger partial charge in [0.1, 0.15) is 4.47 Å². The highest BCUT2D eigenvalue weighted by molar-refractivity contribution is 9.10. The SMILES string of the molecule is CC(O)CCCNc1cnn(CC2CC2)c(=O)c1Br. The molecule has 2 rings (SSSR count). The van der Waals surface area contributed by atoms with Crippen molar-refractivity contribution >= 4 is 21.6 Å². The van der Waals surface area contributed by atoms with Crippen LogP contribution in [0.2, 0.25) is 0 Å². The Kier molecular flexibility index (Phi) is 4.99. The standard InChI is InChI=1S/C13H20BrN3O2/c1-9(18)3-2-6-15-11-7-16-17(8-10-4-5-10)13(19)12(11)14/h7,9-10,15,18H,2-6,8H2,1H3. The summed E-state index contributed by atoms with van der Waals surface area (Å²) in [6.07, 6.45) is 5.41. The summed E-state index contributed by atoms with van der Waals surface area (Å²) in [6, 6.07) is 0. The van der Waals surface area contributed by atoms with Gasteiger partial charge < -0.3 is 10.4 Å². The molecule has 0 spiro atoms. The van der Waals surface area contributed by atoms with Gasteiger partial charge in [0.25, 0.3) is 5.56 Å². The van der Waals surface area contributed by atoms with Crippen LogP contribution in [0.1, 0.15) is 32.6 Å². The third-order valence-electron chi connectivity index (χ3n) is 3.23. The van der Waals surface area contributed by atoms with Crippen LogP contribution in [0.15, 0.2) is 15.5 Å². The van der Waals surface area contributed by atoms with Crippen LogP contribution in [0.5, 0.6) is 0 Å². The van der Waals surface area contributed by atoms with Gasteiger partial charge in [-0.05, 0) is 54.5 Å². The normalized spacial score (nSPS) is 16.4. The van der Waals surface area contributed by atoms with Crippen molar-refractivity contribution < 1.29 is 5.11 Å². The van der Waals surface area contributed by atoms with Gasteiger partial charge in [-0.1, -0.05) is 0 Å². The molecule has 106 valence electrons. The number of nitrogens with one attached hydrogen (secondary N) is 1. The molecule has 1 aliphatic carbocycles. The van der Waals surface area contributed by atoms with E-state index in [0.29, 0.717) is 10.4 Å². The number of hydrogen-bond donors (Lipinski definition) is 2. The van der Waals surface area contributed by atoms with E-state index in [1.807, 2.05) is 0 Å². The minimum Gasteiger partial charge on any atom is -0.393 e. The molecule has 1 atom stereocenters. The van der Waals surface area contributed by atoms with Crippen LogP contribution in [-0.2, 0) is 6.54 Å². The number of rotatable bonds is 7. The molecule has 0 amide bonds. The summed E-state index contributed by atoms with van der Waals surface area (Å²) >= 11 is 3.34. The molecular weight excluding hydrogens is 310 g/mol. The first-order valence-corrected chi connectivity index (χ1v) is 7.54. The lowest BCUT2D eigenvalue weighted by atomic mass is 10.2. The third-order valence-corrected chi connectivity index (χ3v) is 3.99. The molecule has 0 aliphatic heterocycles. The Morgan fingerprint density at radius 1 is 1.63 bits per heavy atom. The zero-order valence-electron chi connectivity index (χ0n) is 11.1. The molecule has 1 aromatic rings. The van der Waals surface area contributed by atoms with E-state index in [0.717, 1.165) is 31.6 Å². The summed E-state index contributed by atoms with van der Waals surface area (Å²) < 4.78 is 2.07. The molecule has 1 aliphatic rings. The Morgan fingerprint density at radius 2 is 2.37 bits per heavy atom. The molecular formula is C13H20BrN3O2. The molecule has 6 heteroatoms. The van der Waals surface area contributed by atoms with Crippen molar-refractivity contribution in [3.63, 3.8) is 0 Å².